The molecule has 2 bridgehead atoms. The highest BCUT2D eigenvalue weighted by Gasteiger charge is 2.56. The number of carbonyl (C=O) groups is 2. The summed E-state index contributed by atoms with van der Waals surface area (Å²) in [4.78, 5) is 25.4. The molecule has 1 aromatic carbocycles. The first-order chi connectivity index (χ1) is 12.1. The van der Waals surface area contributed by atoms with E-state index in [0.29, 0.717) is 22.1 Å². The second-order valence-corrected chi connectivity index (χ2v) is 7.21. The van der Waals surface area contributed by atoms with Gasteiger partial charge in [-0.05, 0) is 30.7 Å². The number of hydrazone groups is 1. The van der Waals surface area contributed by atoms with Gasteiger partial charge in [0.15, 0.2) is 11.5 Å². The molecule has 6 rings (SSSR count). The van der Waals surface area contributed by atoms with Crippen molar-refractivity contribution >= 4 is 29.6 Å². The standard InChI is InChI=1S/C18H15ClN2O4/c19-12-6-14-13(24-8-25-14)5-11(12)7-20-21-17(22)15-9-1-2-10(4-3-9)16(15)18(21)23/h1-2,5-7,9-10,15-16H,3-4,8H2/b20-7-/t9-,10-,15+,16+/m0/s1. The van der Waals surface area contributed by atoms with E-state index in [-0.39, 0.29) is 42.3 Å². The van der Waals surface area contributed by atoms with Gasteiger partial charge in [0, 0.05) is 11.6 Å². The van der Waals surface area contributed by atoms with Gasteiger partial charge in [-0.1, -0.05) is 23.8 Å². The fourth-order valence-corrected chi connectivity index (χ4v) is 4.53. The summed E-state index contributed by atoms with van der Waals surface area (Å²) in [7, 11) is 0. The maximum absolute atomic E-state index is 12.7. The van der Waals surface area contributed by atoms with Crippen LogP contribution in [0.15, 0.2) is 29.4 Å². The Kier molecular flexibility index (Phi) is 3.19. The highest BCUT2D eigenvalue weighted by atomic mass is 35.5. The van der Waals surface area contributed by atoms with E-state index in [4.69, 9.17) is 21.1 Å². The fourth-order valence-electron chi connectivity index (χ4n) is 4.32. The zero-order valence-electron chi connectivity index (χ0n) is 13.2. The summed E-state index contributed by atoms with van der Waals surface area (Å²) in [5.41, 5.74) is 0.572. The molecule has 2 heterocycles. The topological polar surface area (TPSA) is 68.2 Å². The molecule has 6 nitrogen and oxygen atoms in total. The van der Waals surface area contributed by atoms with Crippen LogP contribution in [0.25, 0.3) is 0 Å². The van der Waals surface area contributed by atoms with Crippen LogP contribution in [0, 0.1) is 23.7 Å². The highest BCUT2D eigenvalue weighted by molar-refractivity contribution is 6.33. The third-order valence-corrected chi connectivity index (χ3v) is 5.87. The van der Waals surface area contributed by atoms with Crippen molar-refractivity contribution in [3.8, 4) is 11.5 Å². The molecule has 0 aromatic heterocycles. The Morgan fingerprint density at radius 3 is 2.24 bits per heavy atom. The lowest BCUT2D eigenvalue weighted by atomic mass is 9.63. The van der Waals surface area contributed by atoms with Crippen LogP contribution in [0.1, 0.15) is 18.4 Å². The fraction of sp³-hybridized carbons (Fsp3) is 0.389. The lowest BCUT2D eigenvalue weighted by Gasteiger charge is -2.37. The molecule has 128 valence electrons. The summed E-state index contributed by atoms with van der Waals surface area (Å²) in [6, 6.07) is 3.33. The molecule has 25 heavy (non-hydrogen) atoms. The SMILES string of the molecule is O=C1[C@H]2[C@H](C(=O)N1/N=C\c1cc3c(cc1Cl)OCO3)[C@H]1C=C[C@H]2CC1. The maximum atomic E-state index is 12.7. The molecule has 0 N–H and O–H groups in total. The predicted molar refractivity (Wildman–Crippen MR) is 89.4 cm³/mol. The van der Waals surface area contributed by atoms with Crippen LogP contribution < -0.4 is 9.47 Å². The Hall–Kier alpha value is -2.34. The molecule has 2 fully saturated rings. The van der Waals surface area contributed by atoms with Crippen molar-refractivity contribution in [1.29, 1.82) is 0 Å². The number of fused-ring (bicyclic) bond motifs is 2. The van der Waals surface area contributed by atoms with Crippen molar-refractivity contribution < 1.29 is 19.1 Å². The van der Waals surface area contributed by atoms with Gasteiger partial charge in [0.2, 0.25) is 6.79 Å². The van der Waals surface area contributed by atoms with Crippen LogP contribution in [-0.4, -0.2) is 29.8 Å². The average Bonchev–Trinajstić information content (AvgIpc) is 3.18. The van der Waals surface area contributed by atoms with Crippen LogP contribution in [0.3, 0.4) is 0 Å². The van der Waals surface area contributed by atoms with Crippen LogP contribution in [0.2, 0.25) is 5.02 Å². The average molecular weight is 359 g/mol. The number of benzene rings is 1. The zero-order valence-corrected chi connectivity index (χ0v) is 14.0. The van der Waals surface area contributed by atoms with Crippen molar-refractivity contribution in [3.05, 3.63) is 34.9 Å². The minimum Gasteiger partial charge on any atom is -0.454 e. The minimum absolute atomic E-state index is 0.147. The van der Waals surface area contributed by atoms with Gasteiger partial charge < -0.3 is 9.47 Å². The number of nitrogens with zero attached hydrogens (tertiary/aromatic N) is 2. The predicted octanol–water partition coefficient (Wildman–Crippen LogP) is 2.60. The largest absolute Gasteiger partial charge is 0.454 e. The van der Waals surface area contributed by atoms with Gasteiger partial charge in [-0.25, -0.2) is 0 Å². The molecule has 0 radical (unpaired) electrons. The Bertz CT molecular complexity index is 818. The zero-order chi connectivity index (χ0) is 17.1. The Morgan fingerprint density at radius 1 is 1.04 bits per heavy atom. The van der Waals surface area contributed by atoms with E-state index in [1.54, 1.807) is 12.1 Å². The maximum Gasteiger partial charge on any atom is 0.254 e. The van der Waals surface area contributed by atoms with Crippen LogP contribution >= 0.6 is 11.6 Å². The second kappa shape index (κ2) is 5.33. The van der Waals surface area contributed by atoms with Crippen molar-refractivity contribution in [2.45, 2.75) is 12.8 Å². The first-order valence-corrected chi connectivity index (χ1v) is 8.70. The van der Waals surface area contributed by atoms with Crippen molar-refractivity contribution in [2.24, 2.45) is 28.8 Å². The van der Waals surface area contributed by atoms with Crippen molar-refractivity contribution in [2.75, 3.05) is 6.79 Å². The number of halogens is 1. The molecule has 1 saturated heterocycles. The lowest BCUT2D eigenvalue weighted by molar-refractivity contribution is -0.140. The van der Waals surface area contributed by atoms with Gasteiger partial charge in [-0.2, -0.15) is 10.1 Å². The van der Waals surface area contributed by atoms with E-state index in [9.17, 15) is 9.59 Å². The molecule has 1 saturated carbocycles. The summed E-state index contributed by atoms with van der Waals surface area (Å²) >= 11 is 6.22. The van der Waals surface area contributed by atoms with Gasteiger partial charge in [-0.15, -0.1) is 0 Å². The van der Waals surface area contributed by atoms with E-state index >= 15 is 0 Å². The number of hydrogen-bond donors (Lipinski definition) is 0. The summed E-state index contributed by atoms with van der Waals surface area (Å²) in [6.07, 6.45) is 7.54. The van der Waals surface area contributed by atoms with E-state index in [1.807, 2.05) is 0 Å². The van der Waals surface area contributed by atoms with Crippen LogP contribution in [0.5, 0.6) is 11.5 Å². The quantitative estimate of drug-likeness (QED) is 0.463. The highest BCUT2D eigenvalue weighted by Crippen LogP contribution is 2.49. The van der Waals surface area contributed by atoms with E-state index in [2.05, 4.69) is 17.3 Å². The van der Waals surface area contributed by atoms with E-state index < -0.39 is 0 Å². The Morgan fingerprint density at radius 2 is 1.64 bits per heavy atom. The molecule has 2 aliphatic heterocycles. The summed E-state index contributed by atoms with van der Waals surface area (Å²) in [6.45, 7) is 0.147. The van der Waals surface area contributed by atoms with Crippen LogP contribution in [0.4, 0.5) is 0 Å². The molecule has 4 atom stereocenters. The number of rotatable bonds is 2. The lowest BCUT2D eigenvalue weighted by Crippen LogP contribution is -2.38. The molecule has 1 aromatic rings. The number of ether oxygens (including phenoxy) is 2. The van der Waals surface area contributed by atoms with Crippen molar-refractivity contribution in [3.63, 3.8) is 0 Å². The summed E-state index contributed by atoms with van der Waals surface area (Å²) < 4.78 is 10.6. The molecule has 0 spiro atoms. The normalized spacial score (nSPS) is 32.1. The summed E-state index contributed by atoms with van der Waals surface area (Å²) in [5, 5.41) is 5.61. The Balaban J connectivity index is 1.44. The third-order valence-electron chi connectivity index (χ3n) is 5.54. The smallest absolute Gasteiger partial charge is 0.254 e. The number of amides is 2. The van der Waals surface area contributed by atoms with Crippen LogP contribution in [-0.2, 0) is 9.59 Å². The summed E-state index contributed by atoms with van der Waals surface area (Å²) in [5.74, 6) is 0.511. The van der Waals surface area contributed by atoms with E-state index in [1.165, 1.54) is 6.21 Å². The number of allylic oxidation sites excluding steroid dienone is 2. The first kappa shape index (κ1) is 15.0. The third kappa shape index (κ3) is 2.13. The molecule has 3 aliphatic carbocycles. The first-order valence-electron chi connectivity index (χ1n) is 8.33. The molecular formula is C18H15ClN2O4. The number of imide groups is 1. The number of hydrogen-bond acceptors (Lipinski definition) is 5. The number of carbonyl (C=O) groups excluding carboxylic acids is 2. The molecular weight excluding hydrogens is 344 g/mol. The minimum atomic E-state index is -0.263. The van der Waals surface area contributed by atoms with Gasteiger partial charge in [-0.3, -0.25) is 9.59 Å². The van der Waals surface area contributed by atoms with Crippen molar-refractivity contribution in [1.82, 2.24) is 5.01 Å². The van der Waals surface area contributed by atoms with Gasteiger partial charge in [0.05, 0.1) is 23.1 Å². The Labute approximate surface area is 149 Å². The second-order valence-electron chi connectivity index (χ2n) is 6.80. The van der Waals surface area contributed by atoms with Gasteiger partial charge >= 0.3 is 0 Å². The monoisotopic (exact) mass is 358 g/mol. The molecule has 0 unspecified atom stereocenters. The van der Waals surface area contributed by atoms with Gasteiger partial charge in [0.25, 0.3) is 11.8 Å². The molecule has 5 aliphatic rings. The molecule has 2 amide bonds. The molecule has 7 heteroatoms. The van der Waals surface area contributed by atoms with Gasteiger partial charge in [0.1, 0.15) is 0 Å². The van der Waals surface area contributed by atoms with E-state index in [0.717, 1.165) is 17.9 Å².